The van der Waals surface area contributed by atoms with Gasteiger partial charge in [-0.15, -0.1) is 6.58 Å². The Morgan fingerprint density at radius 1 is 1.47 bits per heavy atom. The van der Waals surface area contributed by atoms with Gasteiger partial charge in [0.15, 0.2) is 0 Å². The van der Waals surface area contributed by atoms with Crippen molar-refractivity contribution >= 4 is 0 Å². The summed E-state index contributed by atoms with van der Waals surface area (Å²) in [6.45, 7) is 3.82. The lowest BCUT2D eigenvalue weighted by Crippen LogP contribution is -2.37. The summed E-state index contributed by atoms with van der Waals surface area (Å²) in [6.07, 6.45) is 10.7. The van der Waals surface area contributed by atoms with Crippen LogP contribution in [0.2, 0.25) is 0 Å². The van der Waals surface area contributed by atoms with Crippen LogP contribution in [-0.4, -0.2) is 11.0 Å². The number of nitrogens with one attached hydrogen (secondary N) is 1. The Morgan fingerprint density at radius 2 is 2.20 bits per heavy atom. The van der Waals surface area contributed by atoms with Crippen molar-refractivity contribution in [3.8, 4) is 0 Å². The first-order valence-electron chi connectivity index (χ1n) is 5.67. The van der Waals surface area contributed by atoms with E-state index in [1.165, 1.54) is 24.8 Å². The third-order valence-electron chi connectivity index (χ3n) is 3.05. The quantitative estimate of drug-likeness (QED) is 0.743. The predicted molar refractivity (Wildman–Crippen MR) is 62.6 cm³/mol. The Balaban J connectivity index is 2.01. The fraction of sp³-hybridized carbons (Fsp3) is 0.462. The molecule has 1 heterocycles. The fourth-order valence-corrected chi connectivity index (χ4v) is 1.92. The van der Waals surface area contributed by atoms with Gasteiger partial charge in [-0.25, -0.2) is 0 Å². The molecule has 1 N–H and O–H groups in total. The van der Waals surface area contributed by atoms with E-state index < -0.39 is 0 Å². The van der Waals surface area contributed by atoms with Crippen molar-refractivity contribution in [1.82, 2.24) is 10.3 Å². The molecule has 1 aromatic heterocycles. The van der Waals surface area contributed by atoms with Gasteiger partial charge in [0.1, 0.15) is 0 Å². The number of aromatic nitrogens is 1. The molecule has 0 amide bonds. The molecule has 0 aliphatic heterocycles. The summed E-state index contributed by atoms with van der Waals surface area (Å²) >= 11 is 0. The van der Waals surface area contributed by atoms with E-state index in [4.69, 9.17) is 0 Å². The van der Waals surface area contributed by atoms with Crippen LogP contribution in [-0.2, 0) is 0 Å². The Labute approximate surface area is 91.4 Å². The first-order chi connectivity index (χ1) is 7.40. The second-order valence-electron chi connectivity index (χ2n) is 4.15. The largest absolute Gasteiger partial charge is 0.307 e. The van der Waals surface area contributed by atoms with Gasteiger partial charge in [0.2, 0.25) is 0 Å². The molecule has 1 saturated carbocycles. The van der Waals surface area contributed by atoms with Crippen LogP contribution in [0.15, 0.2) is 37.2 Å². The van der Waals surface area contributed by atoms with Gasteiger partial charge in [-0.05, 0) is 37.0 Å². The molecule has 1 atom stereocenters. The molecule has 1 fully saturated rings. The van der Waals surface area contributed by atoms with Crippen molar-refractivity contribution in [2.75, 3.05) is 0 Å². The first-order valence-corrected chi connectivity index (χ1v) is 5.67. The topological polar surface area (TPSA) is 24.9 Å². The summed E-state index contributed by atoms with van der Waals surface area (Å²) in [5, 5.41) is 3.67. The Bertz CT molecular complexity index is 304. The molecule has 1 aromatic rings. The molecule has 0 aromatic carbocycles. The Kier molecular flexibility index (Phi) is 3.51. The lowest BCUT2D eigenvalue weighted by Gasteiger charge is -2.31. The molecule has 2 nitrogen and oxygen atoms in total. The maximum Gasteiger partial charge on any atom is 0.0358 e. The zero-order valence-corrected chi connectivity index (χ0v) is 9.02. The van der Waals surface area contributed by atoms with E-state index >= 15 is 0 Å². The molecule has 1 aliphatic rings. The lowest BCUT2D eigenvalue weighted by atomic mass is 9.91. The standard InChI is InChI=1S/C13H18N2/c1-2-4-13(15-12-5-3-6-12)11-7-9-14-10-8-11/h2,7-10,12-13,15H,1,3-6H2. The van der Waals surface area contributed by atoms with E-state index in [2.05, 4.69) is 29.0 Å². The average Bonchev–Trinajstić information content (AvgIpc) is 2.23. The van der Waals surface area contributed by atoms with Gasteiger partial charge in [-0.1, -0.05) is 12.5 Å². The molecule has 2 heteroatoms. The van der Waals surface area contributed by atoms with Crippen molar-refractivity contribution < 1.29 is 0 Å². The monoisotopic (exact) mass is 202 g/mol. The normalized spacial score (nSPS) is 18.1. The van der Waals surface area contributed by atoms with Gasteiger partial charge >= 0.3 is 0 Å². The van der Waals surface area contributed by atoms with Gasteiger partial charge in [-0.2, -0.15) is 0 Å². The van der Waals surface area contributed by atoms with Crippen LogP contribution in [0.5, 0.6) is 0 Å². The molecular weight excluding hydrogens is 184 g/mol. The predicted octanol–water partition coefficient (Wildman–Crippen LogP) is 2.84. The number of pyridine rings is 1. The van der Waals surface area contributed by atoms with E-state index in [0.717, 1.165) is 6.42 Å². The van der Waals surface area contributed by atoms with E-state index in [1.54, 1.807) is 0 Å². The molecule has 0 saturated heterocycles. The van der Waals surface area contributed by atoms with E-state index in [1.807, 2.05) is 18.5 Å². The van der Waals surface area contributed by atoms with Crippen molar-refractivity contribution in [2.24, 2.45) is 0 Å². The van der Waals surface area contributed by atoms with Crippen LogP contribution in [0.4, 0.5) is 0 Å². The SMILES string of the molecule is C=CCC(NC1CCC1)c1ccncc1. The van der Waals surface area contributed by atoms with Crippen LogP contribution in [0.1, 0.15) is 37.3 Å². The van der Waals surface area contributed by atoms with Gasteiger partial charge in [0.05, 0.1) is 0 Å². The summed E-state index contributed by atoms with van der Waals surface area (Å²) in [4.78, 5) is 4.05. The second kappa shape index (κ2) is 5.08. The maximum atomic E-state index is 4.05. The average molecular weight is 202 g/mol. The Morgan fingerprint density at radius 3 is 2.73 bits per heavy atom. The highest BCUT2D eigenvalue weighted by atomic mass is 15.0. The van der Waals surface area contributed by atoms with Crippen molar-refractivity contribution in [2.45, 2.75) is 37.8 Å². The van der Waals surface area contributed by atoms with Crippen LogP contribution in [0, 0.1) is 0 Å². The zero-order chi connectivity index (χ0) is 10.5. The van der Waals surface area contributed by atoms with Crippen molar-refractivity contribution in [3.63, 3.8) is 0 Å². The number of nitrogens with zero attached hydrogens (tertiary/aromatic N) is 1. The molecule has 2 rings (SSSR count). The van der Waals surface area contributed by atoms with E-state index in [9.17, 15) is 0 Å². The third kappa shape index (κ3) is 2.66. The molecule has 0 spiro atoms. The Hall–Kier alpha value is -1.15. The highest BCUT2D eigenvalue weighted by Gasteiger charge is 2.21. The van der Waals surface area contributed by atoms with Crippen LogP contribution in [0.3, 0.4) is 0 Å². The molecule has 1 aliphatic carbocycles. The lowest BCUT2D eigenvalue weighted by molar-refractivity contribution is 0.305. The molecule has 80 valence electrons. The number of hydrogen-bond acceptors (Lipinski definition) is 2. The van der Waals surface area contributed by atoms with Gasteiger partial charge in [0.25, 0.3) is 0 Å². The minimum atomic E-state index is 0.413. The summed E-state index contributed by atoms with van der Waals surface area (Å²) in [7, 11) is 0. The molecule has 0 radical (unpaired) electrons. The molecular formula is C13H18N2. The summed E-state index contributed by atoms with van der Waals surface area (Å²) < 4.78 is 0. The van der Waals surface area contributed by atoms with Gasteiger partial charge in [0, 0.05) is 24.5 Å². The van der Waals surface area contributed by atoms with Gasteiger partial charge in [-0.3, -0.25) is 4.98 Å². The minimum Gasteiger partial charge on any atom is -0.307 e. The van der Waals surface area contributed by atoms with Crippen molar-refractivity contribution in [3.05, 3.63) is 42.7 Å². The summed E-state index contributed by atoms with van der Waals surface area (Å²) in [6, 6.07) is 5.29. The second-order valence-corrected chi connectivity index (χ2v) is 4.15. The third-order valence-corrected chi connectivity index (χ3v) is 3.05. The maximum absolute atomic E-state index is 4.05. The summed E-state index contributed by atoms with van der Waals surface area (Å²) in [5.74, 6) is 0. The van der Waals surface area contributed by atoms with Gasteiger partial charge < -0.3 is 5.32 Å². The highest BCUT2D eigenvalue weighted by molar-refractivity contribution is 5.16. The van der Waals surface area contributed by atoms with Crippen LogP contribution in [0.25, 0.3) is 0 Å². The van der Waals surface area contributed by atoms with Crippen molar-refractivity contribution in [1.29, 1.82) is 0 Å². The smallest absolute Gasteiger partial charge is 0.0358 e. The highest BCUT2D eigenvalue weighted by Crippen LogP contribution is 2.24. The zero-order valence-electron chi connectivity index (χ0n) is 9.02. The van der Waals surface area contributed by atoms with Crippen LogP contribution >= 0.6 is 0 Å². The molecule has 0 bridgehead atoms. The first kappa shape index (κ1) is 10.4. The molecule has 1 unspecified atom stereocenters. The fourth-order valence-electron chi connectivity index (χ4n) is 1.92. The number of hydrogen-bond donors (Lipinski definition) is 1. The van der Waals surface area contributed by atoms with Crippen LogP contribution < -0.4 is 5.32 Å². The summed E-state index contributed by atoms with van der Waals surface area (Å²) in [5.41, 5.74) is 1.32. The molecule has 15 heavy (non-hydrogen) atoms. The minimum absolute atomic E-state index is 0.413. The number of rotatable bonds is 5. The van der Waals surface area contributed by atoms with E-state index in [-0.39, 0.29) is 0 Å². The van der Waals surface area contributed by atoms with E-state index in [0.29, 0.717) is 12.1 Å².